The Morgan fingerprint density at radius 1 is 1.21 bits per heavy atom. The van der Waals surface area contributed by atoms with Crippen molar-refractivity contribution < 1.29 is 14.0 Å². The van der Waals surface area contributed by atoms with Crippen molar-refractivity contribution >= 4 is 22.8 Å². The molecule has 2 aliphatic heterocycles. The molecular weight excluding hydrogens is 352 g/mol. The number of amides is 2. The van der Waals surface area contributed by atoms with Gasteiger partial charge in [0.05, 0.1) is 5.41 Å². The molecule has 1 aliphatic carbocycles. The van der Waals surface area contributed by atoms with E-state index >= 15 is 0 Å². The van der Waals surface area contributed by atoms with Gasteiger partial charge >= 0.3 is 0 Å². The lowest BCUT2D eigenvalue weighted by atomic mass is 9.78. The average Bonchev–Trinajstić information content (AvgIpc) is 3.31. The van der Waals surface area contributed by atoms with Crippen LogP contribution in [0.25, 0.3) is 11.0 Å². The summed E-state index contributed by atoms with van der Waals surface area (Å²) < 4.78 is 5.93. The van der Waals surface area contributed by atoms with Crippen molar-refractivity contribution in [3.05, 3.63) is 35.1 Å². The first-order valence-electron chi connectivity index (χ1n) is 10.6. The normalized spacial score (nSPS) is 25.3. The fourth-order valence-electron chi connectivity index (χ4n) is 5.05. The third-order valence-electron chi connectivity index (χ3n) is 6.93. The van der Waals surface area contributed by atoms with Gasteiger partial charge in [-0.05, 0) is 64.0 Å². The Bertz CT molecular complexity index is 958. The van der Waals surface area contributed by atoms with Crippen LogP contribution in [0.2, 0.25) is 0 Å². The quantitative estimate of drug-likeness (QED) is 0.811. The first-order chi connectivity index (χ1) is 13.5. The molecule has 1 spiro atoms. The first-order valence-corrected chi connectivity index (χ1v) is 10.6. The van der Waals surface area contributed by atoms with Crippen LogP contribution >= 0.6 is 0 Å². The highest BCUT2D eigenvalue weighted by atomic mass is 16.3. The van der Waals surface area contributed by atoms with Crippen LogP contribution in [-0.2, 0) is 4.79 Å². The van der Waals surface area contributed by atoms with Gasteiger partial charge in [0.15, 0.2) is 5.76 Å². The van der Waals surface area contributed by atoms with Gasteiger partial charge in [-0.1, -0.05) is 11.6 Å². The Labute approximate surface area is 165 Å². The number of carbonyl (C=O) groups is 2. The SMILES string of the molecule is Cc1ccc2oc(C(=O)N3CC[C@@]4(CCCN(CC5CC5)C4=O)C3)c(C)c2c1. The molecular formula is C23H28N2O3. The van der Waals surface area contributed by atoms with Crippen LogP contribution in [0.15, 0.2) is 22.6 Å². The highest BCUT2D eigenvalue weighted by Crippen LogP contribution is 2.42. The van der Waals surface area contributed by atoms with Crippen molar-refractivity contribution in [2.45, 2.75) is 46.0 Å². The van der Waals surface area contributed by atoms with E-state index in [9.17, 15) is 9.59 Å². The molecule has 3 fully saturated rings. The van der Waals surface area contributed by atoms with Crippen LogP contribution in [-0.4, -0.2) is 47.8 Å². The second-order valence-corrected chi connectivity index (χ2v) is 9.11. The Balaban J connectivity index is 1.37. The predicted octanol–water partition coefficient (Wildman–Crippen LogP) is 3.91. The zero-order valence-corrected chi connectivity index (χ0v) is 16.8. The smallest absolute Gasteiger partial charge is 0.289 e. The summed E-state index contributed by atoms with van der Waals surface area (Å²) in [6.07, 6.45) is 5.23. The van der Waals surface area contributed by atoms with E-state index in [2.05, 4.69) is 11.0 Å². The first kappa shape index (κ1) is 17.8. The van der Waals surface area contributed by atoms with Gasteiger partial charge in [0.2, 0.25) is 5.91 Å². The predicted molar refractivity (Wildman–Crippen MR) is 107 cm³/mol. The fourth-order valence-corrected chi connectivity index (χ4v) is 5.05. The maximum absolute atomic E-state index is 13.2. The molecule has 5 rings (SSSR count). The lowest BCUT2D eigenvalue weighted by Gasteiger charge is -2.39. The van der Waals surface area contributed by atoms with E-state index in [1.807, 2.05) is 30.9 Å². The summed E-state index contributed by atoms with van der Waals surface area (Å²) in [5, 5.41) is 1.00. The van der Waals surface area contributed by atoms with E-state index in [-0.39, 0.29) is 17.2 Å². The molecule has 0 bridgehead atoms. The minimum absolute atomic E-state index is 0.0738. The molecule has 3 heterocycles. The molecule has 1 aromatic heterocycles. The monoisotopic (exact) mass is 380 g/mol. The topological polar surface area (TPSA) is 53.8 Å². The standard InChI is InChI=1S/C23H28N2O3/c1-15-4-7-19-18(12-15)16(2)20(28-19)21(26)25-11-9-23(14-25)8-3-10-24(22(23)27)13-17-5-6-17/h4,7,12,17H,3,5-6,8-11,13-14H2,1-2H3/t23-/m0/s1. The molecule has 0 unspecified atom stereocenters. The molecule has 0 N–H and O–H groups in total. The number of likely N-dealkylation sites (tertiary alicyclic amines) is 2. The number of fused-ring (bicyclic) bond motifs is 1. The molecule has 28 heavy (non-hydrogen) atoms. The third-order valence-corrected chi connectivity index (χ3v) is 6.93. The lowest BCUT2D eigenvalue weighted by molar-refractivity contribution is -0.145. The highest BCUT2D eigenvalue weighted by molar-refractivity contribution is 5.99. The van der Waals surface area contributed by atoms with E-state index in [1.165, 1.54) is 12.8 Å². The van der Waals surface area contributed by atoms with Gasteiger partial charge in [-0.15, -0.1) is 0 Å². The van der Waals surface area contributed by atoms with Gasteiger partial charge in [0.1, 0.15) is 5.58 Å². The van der Waals surface area contributed by atoms with Crippen LogP contribution < -0.4 is 0 Å². The van der Waals surface area contributed by atoms with Gasteiger partial charge in [-0.3, -0.25) is 9.59 Å². The van der Waals surface area contributed by atoms with Crippen molar-refractivity contribution in [3.8, 4) is 0 Å². The van der Waals surface area contributed by atoms with Crippen molar-refractivity contribution in [1.82, 2.24) is 9.80 Å². The Morgan fingerprint density at radius 2 is 2.04 bits per heavy atom. The van der Waals surface area contributed by atoms with E-state index in [0.717, 1.165) is 54.4 Å². The molecule has 2 amide bonds. The molecule has 0 radical (unpaired) electrons. The van der Waals surface area contributed by atoms with Crippen molar-refractivity contribution in [2.75, 3.05) is 26.2 Å². The van der Waals surface area contributed by atoms with Gasteiger partial charge < -0.3 is 14.2 Å². The molecule has 1 aromatic carbocycles. The van der Waals surface area contributed by atoms with Crippen molar-refractivity contribution in [2.24, 2.45) is 11.3 Å². The summed E-state index contributed by atoms with van der Waals surface area (Å²) in [6, 6.07) is 6.00. The molecule has 5 nitrogen and oxygen atoms in total. The number of carbonyl (C=O) groups excluding carboxylic acids is 2. The number of aryl methyl sites for hydroxylation is 2. The van der Waals surface area contributed by atoms with Crippen LogP contribution in [0.4, 0.5) is 0 Å². The number of piperidine rings is 1. The van der Waals surface area contributed by atoms with Gasteiger partial charge in [0, 0.05) is 37.1 Å². The second kappa shape index (κ2) is 6.36. The number of nitrogens with zero attached hydrogens (tertiary/aromatic N) is 2. The summed E-state index contributed by atoms with van der Waals surface area (Å²) >= 11 is 0. The van der Waals surface area contributed by atoms with Crippen LogP contribution in [0.3, 0.4) is 0 Å². The minimum Gasteiger partial charge on any atom is -0.451 e. The van der Waals surface area contributed by atoms with Gasteiger partial charge in [-0.25, -0.2) is 0 Å². The summed E-state index contributed by atoms with van der Waals surface area (Å²) in [5.41, 5.74) is 2.43. The van der Waals surface area contributed by atoms with Crippen LogP contribution in [0, 0.1) is 25.2 Å². The maximum Gasteiger partial charge on any atom is 0.289 e. The van der Waals surface area contributed by atoms with Crippen molar-refractivity contribution in [1.29, 1.82) is 0 Å². The van der Waals surface area contributed by atoms with Crippen LogP contribution in [0.5, 0.6) is 0 Å². The Kier molecular flexibility index (Phi) is 4.04. The number of benzene rings is 1. The van der Waals surface area contributed by atoms with E-state index in [1.54, 1.807) is 0 Å². The summed E-state index contributed by atoms with van der Waals surface area (Å²) in [4.78, 5) is 30.4. The summed E-state index contributed by atoms with van der Waals surface area (Å²) in [6.45, 7) is 6.95. The van der Waals surface area contributed by atoms with Gasteiger partial charge in [-0.2, -0.15) is 0 Å². The van der Waals surface area contributed by atoms with E-state index < -0.39 is 0 Å². The second-order valence-electron chi connectivity index (χ2n) is 9.11. The largest absolute Gasteiger partial charge is 0.451 e. The summed E-state index contributed by atoms with van der Waals surface area (Å²) in [5.74, 6) is 1.34. The Hall–Kier alpha value is -2.30. The fraction of sp³-hybridized carbons (Fsp3) is 0.565. The highest BCUT2D eigenvalue weighted by Gasteiger charge is 2.50. The van der Waals surface area contributed by atoms with Crippen LogP contribution in [0.1, 0.15) is 53.8 Å². The number of hydrogen-bond acceptors (Lipinski definition) is 3. The lowest BCUT2D eigenvalue weighted by Crippen LogP contribution is -2.50. The molecule has 1 saturated carbocycles. The molecule has 1 atom stereocenters. The molecule has 2 saturated heterocycles. The average molecular weight is 380 g/mol. The molecule has 5 heteroatoms. The molecule has 3 aliphatic rings. The number of furan rings is 1. The number of hydrogen-bond donors (Lipinski definition) is 0. The minimum atomic E-state index is -0.376. The third kappa shape index (κ3) is 2.83. The van der Waals surface area contributed by atoms with E-state index in [0.29, 0.717) is 24.8 Å². The zero-order chi connectivity index (χ0) is 19.5. The Morgan fingerprint density at radius 3 is 2.82 bits per heavy atom. The zero-order valence-electron chi connectivity index (χ0n) is 16.8. The van der Waals surface area contributed by atoms with Gasteiger partial charge in [0.25, 0.3) is 5.91 Å². The molecule has 2 aromatic rings. The number of rotatable bonds is 3. The summed E-state index contributed by atoms with van der Waals surface area (Å²) in [7, 11) is 0. The maximum atomic E-state index is 13.2. The van der Waals surface area contributed by atoms with Crippen molar-refractivity contribution in [3.63, 3.8) is 0 Å². The molecule has 148 valence electrons. The van der Waals surface area contributed by atoms with E-state index in [4.69, 9.17) is 4.42 Å².